The van der Waals surface area contributed by atoms with Crippen LogP contribution < -0.4 is 5.32 Å². The summed E-state index contributed by atoms with van der Waals surface area (Å²) in [6.07, 6.45) is 8.15. The number of pyridine rings is 1. The average molecular weight is 327 g/mol. The lowest BCUT2D eigenvalue weighted by atomic mass is 9.95. The maximum absolute atomic E-state index is 6.37. The van der Waals surface area contributed by atoms with Gasteiger partial charge in [-0.15, -0.1) is 0 Å². The maximum Gasteiger partial charge on any atom is 0.137 e. The largest absolute Gasteiger partial charge is 0.367 e. The highest BCUT2D eigenvalue weighted by atomic mass is 35.5. The Morgan fingerprint density at radius 1 is 1.09 bits per heavy atom. The van der Waals surface area contributed by atoms with E-state index in [1.54, 1.807) is 0 Å². The van der Waals surface area contributed by atoms with E-state index < -0.39 is 0 Å². The molecular formula is C18H19ClN4. The summed E-state index contributed by atoms with van der Waals surface area (Å²) in [6.45, 7) is 0. The number of aromatic amines is 1. The van der Waals surface area contributed by atoms with Gasteiger partial charge in [-0.3, -0.25) is 5.10 Å². The number of anilines is 1. The van der Waals surface area contributed by atoms with Crippen molar-refractivity contribution in [1.82, 2.24) is 15.2 Å². The second-order valence-corrected chi connectivity index (χ2v) is 6.52. The van der Waals surface area contributed by atoms with Crippen molar-refractivity contribution in [2.75, 3.05) is 5.32 Å². The summed E-state index contributed by atoms with van der Waals surface area (Å²) in [6, 6.07) is 10.2. The fourth-order valence-corrected chi connectivity index (χ4v) is 3.59. The smallest absolute Gasteiger partial charge is 0.137 e. The highest BCUT2D eigenvalue weighted by Crippen LogP contribution is 2.35. The van der Waals surface area contributed by atoms with Crippen LogP contribution in [-0.2, 0) is 0 Å². The van der Waals surface area contributed by atoms with Crippen molar-refractivity contribution in [3.63, 3.8) is 0 Å². The molecule has 1 aromatic carbocycles. The topological polar surface area (TPSA) is 53.6 Å². The van der Waals surface area contributed by atoms with Crippen LogP contribution in [0.5, 0.6) is 0 Å². The molecule has 2 aromatic heterocycles. The molecule has 118 valence electrons. The van der Waals surface area contributed by atoms with Crippen LogP contribution in [0.4, 0.5) is 5.82 Å². The number of nitrogens with zero attached hydrogens (tertiary/aromatic N) is 2. The van der Waals surface area contributed by atoms with Gasteiger partial charge in [-0.1, -0.05) is 49.1 Å². The standard InChI is InChI=1S/C18H19ClN4/c19-14-9-5-4-8-13(14)17-16-15(22-23-17)10-11-20-18(16)21-12-6-2-1-3-7-12/h4-5,8-12H,1-3,6-7H2,(H,20,21)(H,22,23). The van der Waals surface area contributed by atoms with E-state index >= 15 is 0 Å². The van der Waals surface area contributed by atoms with Crippen molar-refractivity contribution in [3.8, 4) is 11.3 Å². The lowest BCUT2D eigenvalue weighted by Gasteiger charge is -2.23. The average Bonchev–Trinajstić information content (AvgIpc) is 3.01. The number of halogens is 1. The number of aromatic nitrogens is 3. The Balaban J connectivity index is 1.79. The summed E-state index contributed by atoms with van der Waals surface area (Å²) in [7, 11) is 0. The molecule has 4 rings (SSSR count). The Morgan fingerprint density at radius 2 is 1.91 bits per heavy atom. The highest BCUT2D eigenvalue weighted by molar-refractivity contribution is 6.33. The van der Waals surface area contributed by atoms with E-state index in [2.05, 4.69) is 20.5 Å². The van der Waals surface area contributed by atoms with Gasteiger partial charge in [0.05, 0.1) is 15.9 Å². The Kier molecular flexibility index (Phi) is 3.92. The summed E-state index contributed by atoms with van der Waals surface area (Å²) < 4.78 is 0. The van der Waals surface area contributed by atoms with E-state index in [0.29, 0.717) is 11.1 Å². The van der Waals surface area contributed by atoms with Crippen molar-refractivity contribution in [1.29, 1.82) is 0 Å². The summed E-state index contributed by atoms with van der Waals surface area (Å²) in [5, 5.41) is 12.9. The quantitative estimate of drug-likeness (QED) is 0.710. The fourth-order valence-electron chi connectivity index (χ4n) is 3.36. The zero-order valence-corrected chi connectivity index (χ0v) is 13.6. The third-order valence-corrected chi connectivity index (χ3v) is 4.88. The molecule has 0 bridgehead atoms. The second-order valence-electron chi connectivity index (χ2n) is 6.11. The van der Waals surface area contributed by atoms with Crippen LogP contribution in [0, 0.1) is 0 Å². The normalized spacial score (nSPS) is 15.9. The molecule has 3 aromatic rings. The number of H-pyrrole nitrogens is 1. The predicted octanol–water partition coefficient (Wildman–Crippen LogP) is 5.02. The molecule has 1 saturated carbocycles. The minimum Gasteiger partial charge on any atom is -0.367 e. The molecule has 1 fully saturated rings. The molecule has 0 aliphatic heterocycles. The summed E-state index contributed by atoms with van der Waals surface area (Å²) in [4.78, 5) is 4.57. The number of hydrogen-bond donors (Lipinski definition) is 2. The van der Waals surface area contributed by atoms with Crippen LogP contribution in [0.2, 0.25) is 5.02 Å². The van der Waals surface area contributed by atoms with Gasteiger partial charge in [0, 0.05) is 17.8 Å². The first-order chi connectivity index (χ1) is 11.3. The van der Waals surface area contributed by atoms with Gasteiger partial charge in [-0.2, -0.15) is 5.10 Å². The third-order valence-electron chi connectivity index (χ3n) is 4.55. The minimum atomic E-state index is 0.496. The van der Waals surface area contributed by atoms with Crippen LogP contribution >= 0.6 is 11.6 Å². The molecule has 2 heterocycles. The second kappa shape index (κ2) is 6.20. The molecule has 1 aliphatic carbocycles. The lowest BCUT2D eigenvalue weighted by molar-refractivity contribution is 0.462. The molecule has 0 saturated heterocycles. The Morgan fingerprint density at radius 3 is 2.74 bits per heavy atom. The van der Waals surface area contributed by atoms with Gasteiger partial charge in [0.25, 0.3) is 0 Å². The van der Waals surface area contributed by atoms with Crippen LogP contribution in [0.3, 0.4) is 0 Å². The van der Waals surface area contributed by atoms with Crippen molar-refractivity contribution in [2.45, 2.75) is 38.1 Å². The van der Waals surface area contributed by atoms with Crippen LogP contribution in [0.1, 0.15) is 32.1 Å². The molecule has 0 spiro atoms. The van der Waals surface area contributed by atoms with E-state index in [1.807, 2.05) is 36.5 Å². The molecule has 2 N–H and O–H groups in total. The van der Waals surface area contributed by atoms with Gasteiger partial charge in [0.1, 0.15) is 11.5 Å². The SMILES string of the molecule is Clc1ccccc1-c1n[nH]c2ccnc(NC3CCCCC3)c12. The van der Waals surface area contributed by atoms with Crippen molar-refractivity contribution < 1.29 is 0 Å². The molecule has 5 heteroatoms. The molecule has 0 unspecified atom stereocenters. The number of fused-ring (bicyclic) bond motifs is 1. The van der Waals surface area contributed by atoms with E-state index in [0.717, 1.165) is 28.0 Å². The molecule has 0 amide bonds. The molecule has 1 aliphatic rings. The van der Waals surface area contributed by atoms with E-state index in [9.17, 15) is 0 Å². The zero-order chi connectivity index (χ0) is 15.6. The van der Waals surface area contributed by atoms with E-state index in [1.165, 1.54) is 32.1 Å². The fraction of sp³-hybridized carbons (Fsp3) is 0.333. The molecule has 0 radical (unpaired) electrons. The molecular weight excluding hydrogens is 308 g/mol. The van der Waals surface area contributed by atoms with Gasteiger partial charge in [-0.05, 0) is 25.0 Å². The number of nitrogens with one attached hydrogen (secondary N) is 2. The molecule has 4 nitrogen and oxygen atoms in total. The van der Waals surface area contributed by atoms with Gasteiger partial charge in [-0.25, -0.2) is 4.98 Å². The molecule has 0 atom stereocenters. The summed E-state index contributed by atoms with van der Waals surface area (Å²) >= 11 is 6.37. The minimum absolute atomic E-state index is 0.496. The van der Waals surface area contributed by atoms with E-state index in [4.69, 9.17) is 11.6 Å². The maximum atomic E-state index is 6.37. The van der Waals surface area contributed by atoms with Gasteiger partial charge in [0.15, 0.2) is 0 Å². The Hall–Kier alpha value is -2.07. The van der Waals surface area contributed by atoms with Gasteiger partial charge < -0.3 is 5.32 Å². The summed E-state index contributed by atoms with van der Waals surface area (Å²) in [5.41, 5.74) is 2.77. The number of benzene rings is 1. The third kappa shape index (κ3) is 2.79. The Bertz CT molecular complexity index is 821. The van der Waals surface area contributed by atoms with Crippen LogP contribution in [-0.4, -0.2) is 21.2 Å². The first-order valence-corrected chi connectivity index (χ1v) is 8.55. The van der Waals surface area contributed by atoms with Crippen molar-refractivity contribution >= 4 is 28.3 Å². The highest BCUT2D eigenvalue weighted by Gasteiger charge is 2.19. The molecule has 23 heavy (non-hydrogen) atoms. The van der Waals surface area contributed by atoms with Gasteiger partial charge in [0.2, 0.25) is 0 Å². The zero-order valence-electron chi connectivity index (χ0n) is 12.8. The van der Waals surface area contributed by atoms with Crippen molar-refractivity contribution in [3.05, 3.63) is 41.6 Å². The van der Waals surface area contributed by atoms with E-state index in [-0.39, 0.29) is 0 Å². The number of rotatable bonds is 3. The monoisotopic (exact) mass is 326 g/mol. The summed E-state index contributed by atoms with van der Waals surface area (Å²) in [5.74, 6) is 0.901. The van der Waals surface area contributed by atoms with Crippen LogP contribution in [0.15, 0.2) is 36.5 Å². The first kappa shape index (κ1) is 14.5. The predicted molar refractivity (Wildman–Crippen MR) is 94.8 cm³/mol. The van der Waals surface area contributed by atoms with Crippen molar-refractivity contribution in [2.24, 2.45) is 0 Å². The lowest BCUT2D eigenvalue weighted by Crippen LogP contribution is -2.22. The van der Waals surface area contributed by atoms with Crippen LogP contribution in [0.25, 0.3) is 22.2 Å². The first-order valence-electron chi connectivity index (χ1n) is 8.17. The number of hydrogen-bond acceptors (Lipinski definition) is 3. The Labute approximate surface area is 140 Å². The van der Waals surface area contributed by atoms with Gasteiger partial charge >= 0.3 is 0 Å².